The number of nitrogens with zero attached hydrogens (tertiary/aromatic N) is 1. The second-order valence-electron chi connectivity index (χ2n) is 3.84. The van der Waals surface area contributed by atoms with Gasteiger partial charge in [-0.3, -0.25) is 4.79 Å². The highest BCUT2D eigenvalue weighted by Gasteiger charge is 2.21. The number of carbonyl (C=O) groups is 1. The third-order valence-corrected chi connectivity index (χ3v) is 3.14. The number of anilines is 2. The van der Waals surface area contributed by atoms with Crippen molar-refractivity contribution in [3.05, 3.63) is 22.2 Å². The molecule has 4 heteroatoms. The summed E-state index contributed by atoms with van der Waals surface area (Å²) in [4.78, 5) is 13.9. The Morgan fingerprint density at radius 3 is 2.93 bits per heavy atom. The number of rotatable bonds is 0. The molecule has 1 aliphatic heterocycles. The summed E-state index contributed by atoms with van der Waals surface area (Å²) in [6.07, 6.45) is 1.49. The third-order valence-electron chi connectivity index (χ3n) is 2.68. The highest BCUT2D eigenvalue weighted by molar-refractivity contribution is 9.10. The summed E-state index contributed by atoms with van der Waals surface area (Å²) in [5.74, 6) is 0.183. The first-order valence-corrected chi connectivity index (χ1v) is 5.72. The van der Waals surface area contributed by atoms with Crippen LogP contribution < -0.4 is 10.6 Å². The Labute approximate surface area is 97.4 Å². The number of carbonyl (C=O) groups excluding carboxylic acids is 1. The van der Waals surface area contributed by atoms with Crippen LogP contribution in [0.4, 0.5) is 11.4 Å². The lowest BCUT2D eigenvalue weighted by molar-refractivity contribution is 0.0984. The minimum atomic E-state index is 0.183. The molecule has 0 unspecified atom stereocenters. The predicted molar refractivity (Wildman–Crippen MR) is 65.4 cm³/mol. The molecule has 0 radical (unpaired) electrons. The Hall–Kier alpha value is -1.03. The standard InChI is InChI=1S/C11H13BrN2O/c1-14-4-2-3-10(15)8-5-7(12)6-9(13)11(8)14/h5-6H,2-4,13H2,1H3. The maximum absolute atomic E-state index is 11.9. The maximum atomic E-state index is 11.9. The van der Waals surface area contributed by atoms with Crippen LogP contribution in [0.2, 0.25) is 0 Å². The van der Waals surface area contributed by atoms with Crippen molar-refractivity contribution in [2.45, 2.75) is 12.8 Å². The molecular weight excluding hydrogens is 256 g/mol. The Morgan fingerprint density at radius 2 is 2.20 bits per heavy atom. The van der Waals surface area contributed by atoms with Gasteiger partial charge in [-0.05, 0) is 18.6 Å². The molecule has 1 aliphatic rings. The average Bonchev–Trinajstić information content (AvgIpc) is 2.27. The number of hydrogen-bond acceptors (Lipinski definition) is 3. The van der Waals surface area contributed by atoms with Gasteiger partial charge in [0.25, 0.3) is 0 Å². The summed E-state index contributed by atoms with van der Waals surface area (Å²) in [5.41, 5.74) is 8.22. The van der Waals surface area contributed by atoms with Crippen molar-refractivity contribution >= 4 is 33.1 Å². The van der Waals surface area contributed by atoms with E-state index in [-0.39, 0.29) is 5.78 Å². The van der Waals surface area contributed by atoms with Crippen molar-refractivity contribution in [3.8, 4) is 0 Å². The minimum Gasteiger partial charge on any atom is -0.397 e. The topological polar surface area (TPSA) is 46.3 Å². The van der Waals surface area contributed by atoms with E-state index in [1.54, 1.807) is 0 Å². The van der Waals surface area contributed by atoms with Crippen LogP contribution in [-0.2, 0) is 0 Å². The molecule has 1 heterocycles. The zero-order chi connectivity index (χ0) is 11.0. The molecule has 0 spiro atoms. The molecule has 15 heavy (non-hydrogen) atoms. The molecule has 0 saturated carbocycles. The third kappa shape index (κ3) is 1.86. The fourth-order valence-electron chi connectivity index (χ4n) is 1.98. The lowest BCUT2D eigenvalue weighted by Gasteiger charge is -2.20. The lowest BCUT2D eigenvalue weighted by atomic mass is 10.1. The van der Waals surface area contributed by atoms with E-state index >= 15 is 0 Å². The molecule has 0 aliphatic carbocycles. The smallest absolute Gasteiger partial charge is 0.165 e. The molecule has 3 nitrogen and oxygen atoms in total. The number of nitrogens with two attached hydrogens (primary N) is 1. The molecule has 0 saturated heterocycles. The van der Waals surface area contributed by atoms with Crippen LogP contribution in [0.15, 0.2) is 16.6 Å². The first-order chi connectivity index (χ1) is 7.09. The van der Waals surface area contributed by atoms with Crippen molar-refractivity contribution < 1.29 is 4.79 Å². The minimum absolute atomic E-state index is 0.183. The number of nitrogen functional groups attached to an aromatic ring is 1. The SMILES string of the molecule is CN1CCCC(=O)c2cc(Br)cc(N)c21. The van der Waals surface area contributed by atoms with Crippen molar-refractivity contribution in [1.29, 1.82) is 0 Å². The summed E-state index contributed by atoms with van der Waals surface area (Å²) >= 11 is 3.36. The number of fused-ring (bicyclic) bond motifs is 1. The van der Waals surface area contributed by atoms with Crippen molar-refractivity contribution in [2.75, 3.05) is 24.2 Å². The number of hydrogen-bond donors (Lipinski definition) is 1. The summed E-state index contributed by atoms with van der Waals surface area (Å²) in [6.45, 7) is 0.880. The van der Waals surface area contributed by atoms with Gasteiger partial charge in [-0.2, -0.15) is 0 Å². The predicted octanol–water partition coefficient (Wildman–Crippen LogP) is 2.44. The molecule has 2 N–H and O–H groups in total. The Kier molecular flexibility index (Phi) is 2.69. The van der Waals surface area contributed by atoms with Crippen molar-refractivity contribution in [3.63, 3.8) is 0 Å². The molecular formula is C11H13BrN2O. The van der Waals surface area contributed by atoms with E-state index < -0.39 is 0 Å². The van der Waals surface area contributed by atoms with E-state index in [0.717, 1.165) is 28.7 Å². The molecule has 0 fully saturated rings. The number of halogens is 1. The van der Waals surface area contributed by atoms with Crippen molar-refractivity contribution in [1.82, 2.24) is 0 Å². The maximum Gasteiger partial charge on any atom is 0.165 e. The van der Waals surface area contributed by atoms with Crippen LogP contribution in [0, 0.1) is 0 Å². The van der Waals surface area contributed by atoms with Crippen LogP contribution in [-0.4, -0.2) is 19.4 Å². The van der Waals surface area contributed by atoms with Gasteiger partial charge in [0.05, 0.1) is 11.4 Å². The zero-order valence-electron chi connectivity index (χ0n) is 8.59. The summed E-state index contributed by atoms with van der Waals surface area (Å²) < 4.78 is 0.863. The normalized spacial score (nSPS) is 16.1. The van der Waals surface area contributed by atoms with Crippen LogP contribution in [0.5, 0.6) is 0 Å². The first kappa shape index (κ1) is 10.5. The molecule has 0 aromatic heterocycles. The van der Waals surface area contributed by atoms with E-state index in [1.165, 1.54) is 0 Å². The lowest BCUT2D eigenvalue weighted by Crippen LogP contribution is -2.19. The van der Waals surface area contributed by atoms with E-state index in [0.29, 0.717) is 12.1 Å². The van der Waals surface area contributed by atoms with Gasteiger partial charge >= 0.3 is 0 Å². The van der Waals surface area contributed by atoms with Crippen LogP contribution in [0.1, 0.15) is 23.2 Å². The number of Topliss-reactive ketones (excluding diaryl/α,β-unsaturated/α-hetero) is 1. The zero-order valence-corrected chi connectivity index (χ0v) is 10.2. The monoisotopic (exact) mass is 268 g/mol. The quantitative estimate of drug-likeness (QED) is 0.736. The van der Waals surface area contributed by atoms with Crippen LogP contribution in [0.3, 0.4) is 0 Å². The number of benzene rings is 1. The molecule has 0 atom stereocenters. The fraction of sp³-hybridized carbons (Fsp3) is 0.364. The Bertz CT molecular complexity index is 417. The molecule has 2 rings (SSSR count). The van der Waals surface area contributed by atoms with Gasteiger partial charge in [0.1, 0.15) is 0 Å². The fourth-order valence-corrected chi connectivity index (χ4v) is 2.46. The highest BCUT2D eigenvalue weighted by Crippen LogP contribution is 2.33. The van der Waals surface area contributed by atoms with E-state index in [2.05, 4.69) is 20.8 Å². The Balaban J connectivity index is 2.64. The molecule has 1 aromatic rings. The van der Waals surface area contributed by atoms with Gasteiger partial charge in [-0.25, -0.2) is 0 Å². The van der Waals surface area contributed by atoms with Gasteiger partial charge in [0, 0.05) is 30.0 Å². The van der Waals surface area contributed by atoms with Gasteiger partial charge in [0.2, 0.25) is 0 Å². The van der Waals surface area contributed by atoms with Gasteiger partial charge in [-0.15, -0.1) is 0 Å². The molecule has 0 amide bonds. The number of ketones is 1. The summed E-state index contributed by atoms with van der Waals surface area (Å²) in [5, 5.41) is 0. The van der Waals surface area contributed by atoms with E-state index in [9.17, 15) is 4.79 Å². The summed E-state index contributed by atoms with van der Waals surface area (Å²) in [6, 6.07) is 3.70. The van der Waals surface area contributed by atoms with Crippen LogP contribution >= 0.6 is 15.9 Å². The molecule has 80 valence electrons. The van der Waals surface area contributed by atoms with Gasteiger partial charge < -0.3 is 10.6 Å². The Morgan fingerprint density at radius 1 is 1.47 bits per heavy atom. The highest BCUT2D eigenvalue weighted by atomic mass is 79.9. The second kappa shape index (κ2) is 3.85. The molecule has 0 bridgehead atoms. The van der Waals surface area contributed by atoms with Gasteiger partial charge in [-0.1, -0.05) is 15.9 Å². The molecule has 1 aromatic carbocycles. The van der Waals surface area contributed by atoms with E-state index in [4.69, 9.17) is 5.73 Å². The summed E-state index contributed by atoms with van der Waals surface area (Å²) in [7, 11) is 1.97. The second-order valence-corrected chi connectivity index (χ2v) is 4.76. The van der Waals surface area contributed by atoms with Crippen molar-refractivity contribution in [2.24, 2.45) is 0 Å². The first-order valence-electron chi connectivity index (χ1n) is 4.93. The van der Waals surface area contributed by atoms with E-state index in [1.807, 2.05) is 19.2 Å². The van der Waals surface area contributed by atoms with Crippen LogP contribution in [0.25, 0.3) is 0 Å². The van der Waals surface area contributed by atoms with Gasteiger partial charge in [0.15, 0.2) is 5.78 Å². The average molecular weight is 269 g/mol. The largest absolute Gasteiger partial charge is 0.397 e.